The molecule has 0 saturated heterocycles. The molecule has 1 aliphatic carbocycles. The van der Waals surface area contributed by atoms with E-state index in [2.05, 4.69) is 0 Å². The number of benzene rings is 1. The molecule has 0 aromatic heterocycles. The van der Waals surface area contributed by atoms with Crippen LogP contribution in [0.3, 0.4) is 0 Å². The van der Waals surface area contributed by atoms with Crippen LogP contribution in [0.1, 0.15) is 31.2 Å². The minimum absolute atomic E-state index is 0.0595. The number of hydrogen-bond acceptors (Lipinski definition) is 1. The molecule has 1 aromatic rings. The first-order valence-corrected chi connectivity index (χ1v) is 7.83. The molecule has 1 aliphatic rings. The first kappa shape index (κ1) is 13.9. The quantitative estimate of drug-likeness (QED) is 0.830. The summed E-state index contributed by atoms with van der Waals surface area (Å²) in [4.78, 5) is 0.253. The monoisotopic (exact) mass is 324 g/mol. The third-order valence-corrected chi connectivity index (χ3v) is 6.07. The Kier molecular flexibility index (Phi) is 4.36. The molecule has 1 N–H and O–H groups in total. The van der Waals surface area contributed by atoms with Gasteiger partial charge in [-0.25, -0.2) is 0 Å². The van der Waals surface area contributed by atoms with E-state index in [0.29, 0.717) is 0 Å². The predicted octanol–water partition coefficient (Wildman–Crippen LogP) is 2.76. The van der Waals surface area contributed by atoms with Gasteiger partial charge in [-0.05, 0) is 0 Å². The maximum atomic E-state index is 12.4. The topological polar surface area (TPSA) is 20.2 Å². The van der Waals surface area contributed by atoms with E-state index in [1.54, 1.807) is 12.1 Å². The van der Waals surface area contributed by atoms with Crippen molar-refractivity contribution in [1.82, 2.24) is 0 Å². The SMILES string of the molecule is O[C@H]1CCCC[C@@H]1[Se]c1ccc(C(F)(F)F)cc1. The molecule has 5 heteroatoms. The Morgan fingerprint density at radius 3 is 2.22 bits per heavy atom. The molecule has 1 saturated carbocycles. The van der Waals surface area contributed by atoms with Crippen molar-refractivity contribution in [2.24, 2.45) is 0 Å². The molecular formula is C13H15F3OSe. The second-order valence-corrected chi connectivity index (χ2v) is 7.28. The molecule has 0 bridgehead atoms. The summed E-state index contributed by atoms with van der Waals surface area (Å²) >= 11 is 0.0595. The molecule has 0 spiro atoms. The zero-order valence-electron chi connectivity index (χ0n) is 9.78. The standard InChI is InChI=1S/C13H15F3OSe/c14-13(15,16)9-5-7-10(8-6-9)18-12-4-2-1-3-11(12)17/h5-8,11-12,17H,1-4H2/t11-,12-/m0/s1. The van der Waals surface area contributed by atoms with E-state index in [-0.39, 0.29) is 25.9 Å². The summed E-state index contributed by atoms with van der Waals surface area (Å²) in [7, 11) is 0. The van der Waals surface area contributed by atoms with E-state index in [1.807, 2.05) is 0 Å². The Hall–Kier alpha value is -0.511. The van der Waals surface area contributed by atoms with Crippen molar-refractivity contribution in [3.05, 3.63) is 29.8 Å². The van der Waals surface area contributed by atoms with E-state index in [1.165, 1.54) is 0 Å². The van der Waals surface area contributed by atoms with E-state index in [0.717, 1.165) is 42.3 Å². The van der Waals surface area contributed by atoms with E-state index in [4.69, 9.17) is 0 Å². The van der Waals surface area contributed by atoms with Gasteiger partial charge in [0, 0.05) is 0 Å². The molecule has 0 unspecified atom stereocenters. The Morgan fingerprint density at radius 1 is 1.06 bits per heavy atom. The van der Waals surface area contributed by atoms with E-state index < -0.39 is 11.7 Å². The Morgan fingerprint density at radius 2 is 1.67 bits per heavy atom. The van der Waals surface area contributed by atoms with Gasteiger partial charge in [-0.2, -0.15) is 0 Å². The minimum atomic E-state index is -4.27. The number of rotatable bonds is 2. The van der Waals surface area contributed by atoms with Gasteiger partial charge in [-0.3, -0.25) is 0 Å². The summed E-state index contributed by atoms with van der Waals surface area (Å²) in [5, 5.41) is 9.85. The summed E-state index contributed by atoms with van der Waals surface area (Å²) in [5.74, 6) is 0. The number of alkyl halides is 3. The first-order valence-electron chi connectivity index (χ1n) is 5.99. The molecule has 18 heavy (non-hydrogen) atoms. The predicted molar refractivity (Wildman–Crippen MR) is 65.1 cm³/mol. The third-order valence-electron chi connectivity index (χ3n) is 3.14. The van der Waals surface area contributed by atoms with Gasteiger partial charge in [0.2, 0.25) is 0 Å². The third kappa shape index (κ3) is 3.50. The van der Waals surface area contributed by atoms with Gasteiger partial charge in [-0.1, -0.05) is 0 Å². The van der Waals surface area contributed by atoms with Crippen molar-refractivity contribution in [2.75, 3.05) is 0 Å². The van der Waals surface area contributed by atoms with Gasteiger partial charge in [0.1, 0.15) is 0 Å². The average molecular weight is 323 g/mol. The van der Waals surface area contributed by atoms with Crippen molar-refractivity contribution in [2.45, 2.75) is 42.8 Å². The molecule has 1 nitrogen and oxygen atoms in total. The van der Waals surface area contributed by atoms with Crippen LogP contribution < -0.4 is 4.46 Å². The normalized spacial score (nSPS) is 25.1. The maximum absolute atomic E-state index is 12.4. The van der Waals surface area contributed by atoms with Crippen LogP contribution in [0.2, 0.25) is 4.82 Å². The first-order chi connectivity index (χ1) is 8.47. The molecule has 0 aliphatic heterocycles. The summed E-state index contributed by atoms with van der Waals surface area (Å²) in [5.41, 5.74) is -0.605. The van der Waals surface area contributed by atoms with Crippen molar-refractivity contribution < 1.29 is 18.3 Å². The van der Waals surface area contributed by atoms with Crippen molar-refractivity contribution >= 4 is 19.4 Å². The van der Waals surface area contributed by atoms with Crippen LogP contribution in [0.25, 0.3) is 0 Å². The van der Waals surface area contributed by atoms with Crippen LogP contribution in [0, 0.1) is 0 Å². The van der Waals surface area contributed by atoms with Gasteiger partial charge in [0.25, 0.3) is 0 Å². The van der Waals surface area contributed by atoms with Crippen molar-refractivity contribution in [1.29, 1.82) is 0 Å². The van der Waals surface area contributed by atoms with E-state index in [9.17, 15) is 18.3 Å². The molecule has 1 fully saturated rings. The van der Waals surface area contributed by atoms with Gasteiger partial charge < -0.3 is 0 Å². The summed E-state index contributed by atoms with van der Waals surface area (Å²) in [6.45, 7) is 0. The van der Waals surface area contributed by atoms with Crippen LogP contribution >= 0.6 is 0 Å². The molecular weight excluding hydrogens is 308 g/mol. The molecule has 0 amide bonds. The Bertz CT molecular complexity index is 388. The molecule has 100 valence electrons. The van der Waals surface area contributed by atoms with Crippen molar-refractivity contribution in [3.63, 3.8) is 0 Å². The molecule has 0 heterocycles. The van der Waals surface area contributed by atoms with Crippen molar-refractivity contribution in [3.8, 4) is 0 Å². The molecule has 2 rings (SSSR count). The van der Waals surface area contributed by atoms with Crippen LogP contribution in [0.15, 0.2) is 24.3 Å². The van der Waals surface area contributed by atoms with Crippen LogP contribution in [0.4, 0.5) is 13.2 Å². The second-order valence-electron chi connectivity index (χ2n) is 4.53. The Labute approximate surface area is 111 Å². The zero-order chi connectivity index (χ0) is 13.2. The average Bonchev–Trinajstić information content (AvgIpc) is 2.32. The number of halogens is 3. The number of aliphatic hydroxyl groups excluding tert-OH is 1. The van der Waals surface area contributed by atoms with Gasteiger partial charge in [0.05, 0.1) is 0 Å². The van der Waals surface area contributed by atoms with Gasteiger partial charge in [-0.15, -0.1) is 0 Å². The zero-order valence-corrected chi connectivity index (χ0v) is 11.5. The van der Waals surface area contributed by atoms with Crippen LogP contribution in [-0.4, -0.2) is 26.2 Å². The number of aliphatic hydroxyl groups is 1. The second kappa shape index (κ2) is 5.64. The Balaban J connectivity index is 2.02. The van der Waals surface area contributed by atoms with Crippen LogP contribution in [-0.2, 0) is 6.18 Å². The fourth-order valence-electron chi connectivity index (χ4n) is 2.11. The molecule has 2 atom stereocenters. The summed E-state index contributed by atoms with van der Waals surface area (Å²) in [6.07, 6.45) is -0.559. The molecule has 0 radical (unpaired) electrons. The van der Waals surface area contributed by atoms with E-state index >= 15 is 0 Å². The van der Waals surface area contributed by atoms with Gasteiger partial charge >= 0.3 is 110 Å². The fraction of sp³-hybridized carbons (Fsp3) is 0.538. The molecule has 1 aromatic carbocycles. The summed E-state index contributed by atoms with van der Waals surface area (Å²) < 4.78 is 38.1. The number of hydrogen-bond donors (Lipinski definition) is 1. The summed E-state index contributed by atoms with van der Waals surface area (Å²) in [6, 6.07) is 5.35. The van der Waals surface area contributed by atoms with Gasteiger partial charge in [0.15, 0.2) is 0 Å². The fourth-order valence-corrected chi connectivity index (χ4v) is 4.67. The van der Waals surface area contributed by atoms with Crippen LogP contribution in [0.5, 0.6) is 0 Å².